The van der Waals surface area contributed by atoms with E-state index >= 15 is 0 Å². The van der Waals surface area contributed by atoms with Crippen LogP contribution >= 0.6 is 0 Å². The van der Waals surface area contributed by atoms with Gasteiger partial charge in [-0.05, 0) is 39.4 Å². The van der Waals surface area contributed by atoms with Crippen LogP contribution < -0.4 is 4.90 Å². The highest BCUT2D eigenvalue weighted by Gasteiger charge is 2.27. The van der Waals surface area contributed by atoms with Crippen molar-refractivity contribution in [2.75, 3.05) is 52.8 Å². The van der Waals surface area contributed by atoms with Gasteiger partial charge in [0.2, 0.25) is 12.2 Å². The molecule has 1 saturated heterocycles. The molecule has 2 heterocycles. The fourth-order valence-electron chi connectivity index (χ4n) is 2.96. The second kappa shape index (κ2) is 9.51. The lowest BCUT2D eigenvalue weighted by atomic mass is 10.1. The first kappa shape index (κ1) is 23.1. The molecule has 0 N–H and O–H groups in total. The number of hydrogen-bond donors (Lipinski definition) is 0. The number of likely N-dealkylation sites (N-methyl/N-ethyl adjacent to an activating group) is 1. The van der Waals surface area contributed by atoms with Crippen molar-refractivity contribution in [2.45, 2.75) is 39.2 Å². The van der Waals surface area contributed by atoms with Crippen molar-refractivity contribution in [3.05, 3.63) is 23.4 Å². The zero-order valence-corrected chi connectivity index (χ0v) is 18.4. The molecule has 0 unspecified atom stereocenters. The van der Waals surface area contributed by atoms with Crippen LogP contribution in [0.2, 0.25) is 0 Å². The summed E-state index contributed by atoms with van der Waals surface area (Å²) in [5.41, 5.74) is 0.713. The Morgan fingerprint density at radius 1 is 1.24 bits per heavy atom. The Balaban J connectivity index is 2.30. The molecule has 162 valence electrons. The molecule has 0 aliphatic carbocycles. The number of carbonyl (C=O) groups is 2. The third kappa shape index (κ3) is 6.12. The third-order valence-electron chi connectivity index (χ3n) is 4.53. The maximum absolute atomic E-state index is 12.4. The number of amides is 2. The minimum atomic E-state index is -0.723. The van der Waals surface area contributed by atoms with Crippen LogP contribution in [-0.4, -0.2) is 80.3 Å². The van der Waals surface area contributed by atoms with Gasteiger partial charge in [-0.25, -0.2) is 9.78 Å². The van der Waals surface area contributed by atoms with E-state index in [1.54, 1.807) is 38.8 Å². The Morgan fingerprint density at radius 3 is 2.45 bits per heavy atom. The summed E-state index contributed by atoms with van der Waals surface area (Å²) >= 11 is 0. The highest BCUT2D eigenvalue weighted by Crippen LogP contribution is 2.25. The summed E-state index contributed by atoms with van der Waals surface area (Å²) in [4.78, 5) is 34.5. The number of piperazine rings is 1. The van der Waals surface area contributed by atoms with E-state index in [1.807, 2.05) is 18.0 Å². The van der Waals surface area contributed by atoms with E-state index in [9.17, 15) is 9.59 Å². The zero-order valence-electron chi connectivity index (χ0n) is 18.4. The molecule has 2 rings (SSSR count). The molecular weight excluding hydrogens is 376 g/mol. The molecule has 0 bridgehead atoms. The van der Waals surface area contributed by atoms with Crippen molar-refractivity contribution in [1.82, 2.24) is 14.8 Å². The maximum Gasteiger partial charge on any atom is 0.415 e. The molecule has 9 nitrogen and oxygen atoms in total. The lowest BCUT2D eigenvalue weighted by Gasteiger charge is -2.33. The third-order valence-corrected chi connectivity index (χ3v) is 4.53. The molecule has 0 atom stereocenters. The van der Waals surface area contributed by atoms with Gasteiger partial charge in [0.1, 0.15) is 17.1 Å². The van der Waals surface area contributed by atoms with Crippen molar-refractivity contribution in [2.24, 2.45) is 0 Å². The number of anilines is 1. The average molecular weight is 408 g/mol. The molecule has 1 aromatic heterocycles. The molecule has 2 amide bonds. The summed E-state index contributed by atoms with van der Waals surface area (Å²) in [6.07, 6.45) is -1.23. The van der Waals surface area contributed by atoms with Crippen LogP contribution in [0.1, 0.15) is 38.3 Å². The van der Waals surface area contributed by atoms with Crippen LogP contribution in [0, 0.1) is 0 Å². The lowest BCUT2D eigenvalue weighted by molar-refractivity contribution is -0.136. The van der Waals surface area contributed by atoms with Gasteiger partial charge in [0, 0.05) is 40.9 Å². The van der Waals surface area contributed by atoms with Crippen molar-refractivity contribution in [3.8, 4) is 0 Å². The Labute approximate surface area is 172 Å². The van der Waals surface area contributed by atoms with Gasteiger partial charge < -0.3 is 19.1 Å². The molecule has 1 fully saturated rings. The molecular formula is C20H32N4O5. The van der Waals surface area contributed by atoms with E-state index < -0.39 is 18.0 Å². The fourth-order valence-corrected chi connectivity index (χ4v) is 2.96. The molecule has 9 heteroatoms. The van der Waals surface area contributed by atoms with Crippen molar-refractivity contribution in [3.63, 3.8) is 0 Å². The number of rotatable bonds is 6. The van der Waals surface area contributed by atoms with Gasteiger partial charge in [0.25, 0.3) is 0 Å². The van der Waals surface area contributed by atoms with Gasteiger partial charge in [-0.3, -0.25) is 14.6 Å². The van der Waals surface area contributed by atoms with E-state index in [2.05, 4.69) is 4.98 Å². The zero-order chi connectivity index (χ0) is 21.8. The van der Waals surface area contributed by atoms with Gasteiger partial charge >= 0.3 is 6.09 Å². The highest BCUT2D eigenvalue weighted by molar-refractivity contribution is 5.86. The molecule has 1 aliphatic rings. The number of carbonyl (C=O) groups excluding carboxylic acids is 2. The maximum atomic E-state index is 12.4. The largest absolute Gasteiger partial charge is 0.443 e. The Bertz CT molecular complexity index is 730. The van der Waals surface area contributed by atoms with Gasteiger partial charge in [0.15, 0.2) is 0 Å². The predicted octanol–water partition coefficient (Wildman–Crippen LogP) is 2.02. The van der Waals surface area contributed by atoms with Crippen LogP contribution in [0.25, 0.3) is 0 Å². The number of pyridine rings is 1. The molecule has 29 heavy (non-hydrogen) atoms. The van der Waals surface area contributed by atoms with Crippen molar-refractivity contribution < 1.29 is 23.8 Å². The van der Waals surface area contributed by atoms with E-state index in [0.717, 1.165) is 12.1 Å². The van der Waals surface area contributed by atoms with Gasteiger partial charge in [-0.1, -0.05) is 6.07 Å². The van der Waals surface area contributed by atoms with Crippen molar-refractivity contribution in [1.29, 1.82) is 0 Å². The quantitative estimate of drug-likeness (QED) is 0.666. The number of nitrogens with zero attached hydrogens (tertiary/aromatic N) is 4. The molecule has 1 aliphatic heterocycles. The molecule has 0 aromatic carbocycles. The Kier molecular flexibility index (Phi) is 7.56. The summed E-state index contributed by atoms with van der Waals surface area (Å²) in [5.74, 6) is 0.466. The van der Waals surface area contributed by atoms with Crippen molar-refractivity contribution >= 4 is 17.8 Å². The highest BCUT2D eigenvalue weighted by atomic mass is 16.7. The van der Waals surface area contributed by atoms with E-state index in [1.165, 1.54) is 19.1 Å². The summed E-state index contributed by atoms with van der Waals surface area (Å²) in [5, 5.41) is 0. The smallest absolute Gasteiger partial charge is 0.415 e. The Hall–Kier alpha value is -2.23. The summed E-state index contributed by atoms with van der Waals surface area (Å²) in [6.45, 7) is 7.65. The van der Waals surface area contributed by atoms with Gasteiger partial charge in [-0.2, -0.15) is 0 Å². The number of ether oxygens (including phenoxy) is 3. The SMILES string of the molecule is COC(OC)c1nc(N(C)C(=O)OC(C)(C)C)ccc1CN1CCN(C)CC1=O. The summed E-state index contributed by atoms with van der Waals surface area (Å²) in [7, 11) is 6.56. The minimum Gasteiger partial charge on any atom is -0.443 e. The van der Waals surface area contributed by atoms with E-state index in [4.69, 9.17) is 14.2 Å². The molecule has 1 aromatic rings. The van der Waals surface area contributed by atoms with Crippen LogP contribution in [0.3, 0.4) is 0 Å². The second-order valence-electron chi connectivity index (χ2n) is 8.11. The van der Waals surface area contributed by atoms with E-state index in [-0.39, 0.29) is 5.91 Å². The first-order valence-corrected chi connectivity index (χ1v) is 9.54. The monoisotopic (exact) mass is 408 g/mol. The Morgan fingerprint density at radius 2 is 1.90 bits per heavy atom. The first-order chi connectivity index (χ1) is 13.6. The first-order valence-electron chi connectivity index (χ1n) is 9.54. The standard InChI is InChI=1S/C20H32N4O5/c1-20(2,3)29-19(26)23(5)15-9-8-14(17(21-15)18(27-6)28-7)12-24-11-10-22(4)13-16(24)25/h8-9,18H,10-13H2,1-7H3. The molecule has 0 spiro atoms. The summed E-state index contributed by atoms with van der Waals surface area (Å²) in [6, 6.07) is 3.57. The molecule has 0 saturated carbocycles. The number of hydrogen-bond acceptors (Lipinski definition) is 7. The lowest BCUT2D eigenvalue weighted by Crippen LogP contribution is -2.48. The van der Waals surface area contributed by atoms with Gasteiger partial charge in [-0.15, -0.1) is 0 Å². The number of aromatic nitrogens is 1. The van der Waals surface area contributed by atoms with Gasteiger partial charge in [0.05, 0.1) is 6.54 Å². The summed E-state index contributed by atoms with van der Waals surface area (Å²) < 4.78 is 16.2. The van der Waals surface area contributed by atoms with Crippen LogP contribution in [0.15, 0.2) is 12.1 Å². The average Bonchev–Trinajstić information content (AvgIpc) is 2.64. The number of methoxy groups -OCH3 is 2. The molecule has 0 radical (unpaired) electrons. The van der Waals surface area contributed by atoms with Crippen LogP contribution in [0.4, 0.5) is 10.6 Å². The predicted molar refractivity (Wildman–Crippen MR) is 109 cm³/mol. The fraction of sp³-hybridized carbons (Fsp3) is 0.650. The minimum absolute atomic E-state index is 0.0611. The normalized spacial score (nSPS) is 15.7. The van der Waals surface area contributed by atoms with Crippen LogP contribution in [0.5, 0.6) is 0 Å². The van der Waals surface area contributed by atoms with E-state index in [0.29, 0.717) is 31.1 Å². The topological polar surface area (TPSA) is 84.4 Å². The second-order valence-corrected chi connectivity index (χ2v) is 8.11. The van der Waals surface area contributed by atoms with Crippen LogP contribution in [-0.2, 0) is 25.5 Å².